The standard InChI is InChI=1S/C12H18ClN3O3S/c1-16(2)8-7-14-12(17)9-15-20(18,19)11-6-4-3-5-10(11)13/h3-6,15H,7-9H2,1-2H3,(H,14,17). The van der Waals surface area contributed by atoms with Gasteiger partial charge in [0.1, 0.15) is 4.90 Å². The molecule has 0 fully saturated rings. The predicted octanol–water partition coefficient (Wildman–Crippen LogP) is 0.296. The van der Waals surface area contributed by atoms with Crippen molar-refractivity contribution in [3.05, 3.63) is 29.3 Å². The molecule has 1 rings (SSSR count). The Morgan fingerprint density at radius 3 is 2.55 bits per heavy atom. The number of likely N-dealkylation sites (N-methyl/N-ethyl adjacent to an activating group) is 1. The molecule has 6 nitrogen and oxygen atoms in total. The van der Waals surface area contributed by atoms with Crippen LogP contribution in [0.4, 0.5) is 0 Å². The van der Waals surface area contributed by atoms with Crippen molar-refractivity contribution >= 4 is 27.5 Å². The normalized spacial score (nSPS) is 11.6. The van der Waals surface area contributed by atoms with E-state index in [0.717, 1.165) is 0 Å². The zero-order valence-corrected chi connectivity index (χ0v) is 13.0. The van der Waals surface area contributed by atoms with Gasteiger partial charge in [-0.05, 0) is 26.2 Å². The maximum Gasteiger partial charge on any atom is 0.242 e. The van der Waals surface area contributed by atoms with Crippen LogP contribution in [-0.4, -0.2) is 53.0 Å². The van der Waals surface area contributed by atoms with Crippen LogP contribution in [-0.2, 0) is 14.8 Å². The summed E-state index contributed by atoms with van der Waals surface area (Å²) in [5.74, 6) is -0.387. The van der Waals surface area contributed by atoms with Crippen molar-refractivity contribution in [2.75, 3.05) is 33.7 Å². The summed E-state index contributed by atoms with van der Waals surface area (Å²) < 4.78 is 26.1. The minimum Gasteiger partial charge on any atom is -0.354 e. The number of benzene rings is 1. The third kappa shape index (κ3) is 5.46. The van der Waals surface area contributed by atoms with Gasteiger partial charge in [-0.3, -0.25) is 4.79 Å². The molecule has 20 heavy (non-hydrogen) atoms. The summed E-state index contributed by atoms with van der Waals surface area (Å²) in [6.45, 7) is 0.823. The second kappa shape index (κ2) is 7.58. The van der Waals surface area contributed by atoms with E-state index in [2.05, 4.69) is 10.0 Å². The van der Waals surface area contributed by atoms with Gasteiger partial charge in [-0.25, -0.2) is 13.1 Å². The number of carbonyl (C=O) groups excluding carboxylic acids is 1. The molecule has 0 unspecified atom stereocenters. The van der Waals surface area contributed by atoms with E-state index in [4.69, 9.17) is 11.6 Å². The Kier molecular flexibility index (Phi) is 6.41. The van der Waals surface area contributed by atoms with E-state index in [0.29, 0.717) is 13.1 Å². The molecule has 0 spiro atoms. The second-order valence-electron chi connectivity index (χ2n) is 4.41. The van der Waals surface area contributed by atoms with Gasteiger partial charge >= 0.3 is 0 Å². The summed E-state index contributed by atoms with van der Waals surface area (Å²) in [5, 5.41) is 2.73. The van der Waals surface area contributed by atoms with Crippen LogP contribution in [0.25, 0.3) is 0 Å². The zero-order chi connectivity index (χ0) is 15.2. The van der Waals surface area contributed by atoms with Gasteiger partial charge in [-0.2, -0.15) is 0 Å². The molecule has 0 saturated heterocycles. The van der Waals surface area contributed by atoms with Crippen LogP contribution in [0.15, 0.2) is 29.2 Å². The summed E-state index contributed by atoms with van der Waals surface area (Å²) in [7, 11) is -0.0181. The first kappa shape index (κ1) is 16.9. The lowest BCUT2D eigenvalue weighted by atomic mass is 10.4. The second-order valence-corrected chi connectivity index (χ2v) is 6.55. The van der Waals surface area contributed by atoms with Gasteiger partial charge in [-0.15, -0.1) is 0 Å². The van der Waals surface area contributed by atoms with E-state index in [9.17, 15) is 13.2 Å². The molecular formula is C12H18ClN3O3S. The van der Waals surface area contributed by atoms with E-state index in [1.165, 1.54) is 12.1 Å². The van der Waals surface area contributed by atoms with Gasteiger partial charge in [0.05, 0.1) is 11.6 Å². The lowest BCUT2D eigenvalue weighted by molar-refractivity contribution is -0.119. The highest BCUT2D eigenvalue weighted by atomic mass is 35.5. The Morgan fingerprint density at radius 2 is 1.95 bits per heavy atom. The highest BCUT2D eigenvalue weighted by Crippen LogP contribution is 2.19. The van der Waals surface area contributed by atoms with Crippen molar-refractivity contribution in [3.8, 4) is 0 Å². The van der Waals surface area contributed by atoms with Gasteiger partial charge < -0.3 is 10.2 Å². The van der Waals surface area contributed by atoms with Crippen molar-refractivity contribution in [1.82, 2.24) is 14.9 Å². The number of rotatable bonds is 7. The van der Waals surface area contributed by atoms with E-state index in [1.807, 2.05) is 19.0 Å². The number of nitrogens with one attached hydrogen (secondary N) is 2. The number of hydrogen-bond acceptors (Lipinski definition) is 4. The van der Waals surface area contributed by atoms with Crippen LogP contribution in [0.3, 0.4) is 0 Å². The first-order valence-corrected chi connectivity index (χ1v) is 7.84. The molecule has 0 aliphatic heterocycles. The third-order valence-corrected chi connectivity index (χ3v) is 4.33. The van der Waals surface area contributed by atoms with Crippen LogP contribution >= 0.6 is 11.6 Å². The third-order valence-electron chi connectivity index (χ3n) is 2.43. The Morgan fingerprint density at radius 1 is 1.30 bits per heavy atom. The van der Waals surface area contributed by atoms with E-state index in [-0.39, 0.29) is 22.4 Å². The molecule has 1 aromatic carbocycles. The molecule has 112 valence electrons. The molecule has 0 aromatic heterocycles. The first-order chi connectivity index (χ1) is 9.33. The molecular weight excluding hydrogens is 302 g/mol. The van der Waals surface area contributed by atoms with Crippen molar-refractivity contribution in [1.29, 1.82) is 0 Å². The number of halogens is 1. The average molecular weight is 320 g/mol. The molecule has 0 radical (unpaired) electrons. The van der Waals surface area contributed by atoms with E-state index in [1.54, 1.807) is 12.1 Å². The molecule has 1 amide bonds. The topological polar surface area (TPSA) is 78.5 Å². The number of nitrogens with zero attached hydrogens (tertiary/aromatic N) is 1. The Hall–Kier alpha value is -1.15. The number of amides is 1. The van der Waals surface area contributed by atoms with Crippen LogP contribution in [0.5, 0.6) is 0 Å². The molecule has 0 bridgehead atoms. The lowest BCUT2D eigenvalue weighted by Gasteiger charge is -2.11. The minimum atomic E-state index is -3.78. The van der Waals surface area contributed by atoms with Crippen LogP contribution in [0.1, 0.15) is 0 Å². The van der Waals surface area contributed by atoms with Crippen molar-refractivity contribution in [2.24, 2.45) is 0 Å². The average Bonchev–Trinajstić information content (AvgIpc) is 2.36. The fourth-order valence-electron chi connectivity index (χ4n) is 1.38. The smallest absolute Gasteiger partial charge is 0.242 e. The van der Waals surface area contributed by atoms with Gasteiger partial charge in [0.25, 0.3) is 0 Å². The number of hydrogen-bond donors (Lipinski definition) is 2. The molecule has 0 atom stereocenters. The molecule has 0 aliphatic rings. The first-order valence-electron chi connectivity index (χ1n) is 5.98. The lowest BCUT2D eigenvalue weighted by Crippen LogP contribution is -2.39. The molecule has 0 aliphatic carbocycles. The van der Waals surface area contributed by atoms with E-state index >= 15 is 0 Å². The molecule has 1 aromatic rings. The van der Waals surface area contributed by atoms with Gasteiger partial charge in [0.2, 0.25) is 15.9 Å². The maximum atomic E-state index is 12.0. The largest absolute Gasteiger partial charge is 0.354 e. The van der Waals surface area contributed by atoms with Crippen molar-refractivity contribution in [3.63, 3.8) is 0 Å². The SMILES string of the molecule is CN(C)CCNC(=O)CNS(=O)(=O)c1ccccc1Cl. The highest BCUT2D eigenvalue weighted by molar-refractivity contribution is 7.89. The van der Waals surface area contributed by atoms with Gasteiger partial charge in [-0.1, -0.05) is 23.7 Å². The Bertz CT molecular complexity index is 561. The summed E-state index contributed by atoms with van der Waals surface area (Å²) in [5.41, 5.74) is 0. The van der Waals surface area contributed by atoms with Crippen molar-refractivity contribution in [2.45, 2.75) is 4.90 Å². The van der Waals surface area contributed by atoms with Crippen LogP contribution < -0.4 is 10.0 Å². The summed E-state index contributed by atoms with van der Waals surface area (Å²) in [6.07, 6.45) is 0. The maximum absolute atomic E-state index is 12.0. The van der Waals surface area contributed by atoms with Crippen LogP contribution in [0, 0.1) is 0 Å². The molecule has 0 heterocycles. The highest BCUT2D eigenvalue weighted by Gasteiger charge is 2.18. The molecule has 2 N–H and O–H groups in total. The number of sulfonamides is 1. The van der Waals surface area contributed by atoms with E-state index < -0.39 is 10.0 Å². The fraction of sp³-hybridized carbons (Fsp3) is 0.417. The van der Waals surface area contributed by atoms with Crippen molar-refractivity contribution < 1.29 is 13.2 Å². The monoisotopic (exact) mass is 319 g/mol. The summed E-state index contributed by atoms with van der Waals surface area (Å²) in [6, 6.07) is 6.06. The zero-order valence-electron chi connectivity index (χ0n) is 11.4. The summed E-state index contributed by atoms with van der Waals surface area (Å²) >= 11 is 5.82. The fourth-order valence-corrected chi connectivity index (χ4v) is 2.88. The molecule has 8 heteroatoms. The Balaban J connectivity index is 2.52. The quantitative estimate of drug-likeness (QED) is 0.757. The molecule has 0 saturated carbocycles. The summed E-state index contributed by atoms with van der Waals surface area (Å²) in [4.78, 5) is 13.4. The van der Waals surface area contributed by atoms with Gasteiger partial charge in [0, 0.05) is 13.1 Å². The van der Waals surface area contributed by atoms with Crippen LogP contribution in [0.2, 0.25) is 5.02 Å². The Labute approximate surface area is 124 Å². The minimum absolute atomic E-state index is 0.0391. The predicted molar refractivity (Wildman–Crippen MR) is 78.2 cm³/mol. The van der Waals surface area contributed by atoms with Gasteiger partial charge in [0.15, 0.2) is 0 Å². The number of carbonyl (C=O) groups is 1.